The summed E-state index contributed by atoms with van der Waals surface area (Å²) in [7, 11) is -4.74. The highest BCUT2D eigenvalue weighted by Crippen LogP contribution is 2.36. The largest absolute Gasteiger partial charge is 0.469 e. The number of ether oxygens (including phenoxy) is 2. The van der Waals surface area contributed by atoms with Crippen LogP contribution < -0.4 is 0 Å². The number of hydrogen-bond donors (Lipinski definition) is 2. The average molecular weight is 657 g/mol. The minimum Gasteiger partial charge on any atom is -0.462 e. The zero-order valence-corrected chi connectivity index (χ0v) is 29.4. The number of carbonyl (C=O) groups excluding carboxylic acids is 2. The van der Waals surface area contributed by atoms with Gasteiger partial charge in [-0.3, -0.25) is 14.1 Å². The van der Waals surface area contributed by atoms with Crippen LogP contribution in [0.25, 0.3) is 0 Å². The summed E-state index contributed by atoms with van der Waals surface area (Å²) in [5.74, 6) is -0.905. The molecule has 0 saturated carbocycles. The molecule has 0 radical (unpaired) electrons. The smallest absolute Gasteiger partial charge is 0.462 e. The van der Waals surface area contributed by atoms with Gasteiger partial charge in [0.1, 0.15) is 6.61 Å². The predicted octanol–water partition coefficient (Wildman–Crippen LogP) is 10.2. The molecule has 0 aliphatic heterocycles. The Morgan fingerprint density at radius 1 is 0.578 bits per heavy atom. The van der Waals surface area contributed by atoms with Gasteiger partial charge in [-0.05, 0) is 51.4 Å². The molecule has 45 heavy (non-hydrogen) atoms. The molecule has 0 aromatic carbocycles. The van der Waals surface area contributed by atoms with E-state index in [1.807, 2.05) is 0 Å². The lowest BCUT2D eigenvalue weighted by Crippen LogP contribution is -2.29. The lowest BCUT2D eigenvalue weighted by molar-refractivity contribution is -0.161. The molecule has 1 unspecified atom stereocenters. The van der Waals surface area contributed by atoms with Crippen LogP contribution in [0.4, 0.5) is 0 Å². The monoisotopic (exact) mass is 656 g/mol. The summed E-state index contributed by atoms with van der Waals surface area (Å²) in [6.07, 6.45) is 35.9. The van der Waals surface area contributed by atoms with E-state index in [1.54, 1.807) is 0 Å². The number of hydrogen-bond acceptors (Lipinski definition) is 6. The van der Waals surface area contributed by atoms with Crippen molar-refractivity contribution in [1.29, 1.82) is 0 Å². The van der Waals surface area contributed by atoms with Crippen molar-refractivity contribution in [2.75, 3.05) is 13.2 Å². The molecule has 0 bridgehead atoms. The standard InChI is InChI=1S/C36H65O8P/c1-3-5-7-9-11-13-14-15-16-17-18-19-20-21-22-23-25-27-29-31-36(38)44-34(33-43-45(39,40)41)32-42-35(37)30-28-26-24-12-10-8-6-4-2/h11,13,15-16,18-19,34H,3-10,12,14,17,20-33H2,1-2H3,(H2,39,40,41)/b13-11-,16-15-,19-18-. The third-order valence-corrected chi connectivity index (χ3v) is 7.90. The predicted molar refractivity (Wildman–Crippen MR) is 184 cm³/mol. The van der Waals surface area contributed by atoms with Gasteiger partial charge in [0.2, 0.25) is 0 Å². The van der Waals surface area contributed by atoms with Gasteiger partial charge in [-0.2, -0.15) is 0 Å². The highest BCUT2D eigenvalue weighted by atomic mass is 31.2. The minimum atomic E-state index is -4.74. The Balaban J connectivity index is 3.98. The van der Waals surface area contributed by atoms with Crippen LogP contribution in [-0.4, -0.2) is 41.0 Å². The van der Waals surface area contributed by atoms with Gasteiger partial charge in [-0.1, -0.05) is 134 Å². The van der Waals surface area contributed by atoms with Gasteiger partial charge in [0, 0.05) is 12.8 Å². The highest BCUT2D eigenvalue weighted by Gasteiger charge is 2.22. The minimum absolute atomic E-state index is 0.198. The van der Waals surface area contributed by atoms with Gasteiger partial charge in [-0.25, -0.2) is 4.57 Å². The SMILES string of the molecule is CCCCC/C=C\C/C=C\C/C=C\CCCCCCCCC(=O)OC(COC(=O)CCCCCCCCCC)COP(=O)(O)O. The molecule has 0 heterocycles. The molecule has 0 aromatic heterocycles. The lowest BCUT2D eigenvalue weighted by atomic mass is 10.1. The average Bonchev–Trinajstić information content (AvgIpc) is 3.00. The maximum absolute atomic E-state index is 12.3. The lowest BCUT2D eigenvalue weighted by Gasteiger charge is -2.18. The molecule has 1 atom stereocenters. The number of phosphoric acid groups is 1. The first-order valence-corrected chi connectivity index (χ1v) is 19.3. The van der Waals surface area contributed by atoms with E-state index in [0.717, 1.165) is 70.6 Å². The number of phosphoric ester groups is 1. The molecule has 2 N–H and O–H groups in total. The first kappa shape index (κ1) is 43.3. The fourth-order valence-corrected chi connectivity index (χ4v) is 5.09. The molecule has 0 fully saturated rings. The van der Waals surface area contributed by atoms with E-state index >= 15 is 0 Å². The molecular weight excluding hydrogens is 591 g/mol. The van der Waals surface area contributed by atoms with Gasteiger partial charge in [0.05, 0.1) is 6.61 Å². The normalized spacial score (nSPS) is 12.9. The van der Waals surface area contributed by atoms with Crippen LogP contribution in [0, 0.1) is 0 Å². The van der Waals surface area contributed by atoms with E-state index in [0.29, 0.717) is 6.42 Å². The Hall–Kier alpha value is -1.73. The second-order valence-corrected chi connectivity index (χ2v) is 13.1. The summed E-state index contributed by atoms with van der Waals surface area (Å²) in [5, 5.41) is 0. The molecule has 0 amide bonds. The summed E-state index contributed by atoms with van der Waals surface area (Å²) >= 11 is 0. The van der Waals surface area contributed by atoms with E-state index in [1.165, 1.54) is 57.8 Å². The Bertz CT molecular complexity index is 833. The van der Waals surface area contributed by atoms with E-state index < -0.39 is 32.5 Å². The zero-order chi connectivity index (χ0) is 33.3. The first-order valence-electron chi connectivity index (χ1n) is 17.8. The van der Waals surface area contributed by atoms with Crippen molar-refractivity contribution in [3.63, 3.8) is 0 Å². The van der Waals surface area contributed by atoms with Crippen molar-refractivity contribution >= 4 is 19.8 Å². The molecule has 0 aliphatic carbocycles. The third kappa shape index (κ3) is 35.0. The van der Waals surface area contributed by atoms with Crippen molar-refractivity contribution < 1.29 is 37.9 Å². The van der Waals surface area contributed by atoms with Crippen molar-refractivity contribution in [1.82, 2.24) is 0 Å². The van der Waals surface area contributed by atoms with Crippen molar-refractivity contribution in [3.8, 4) is 0 Å². The molecule has 9 heteroatoms. The maximum atomic E-state index is 12.3. The first-order chi connectivity index (χ1) is 21.8. The molecular formula is C36H65O8P. The fourth-order valence-electron chi connectivity index (χ4n) is 4.73. The van der Waals surface area contributed by atoms with Crippen LogP contribution in [0.1, 0.15) is 162 Å². The van der Waals surface area contributed by atoms with Crippen molar-refractivity contribution in [2.24, 2.45) is 0 Å². The van der Waals surface area contributed by atoms with Crippen LogP contribution in [-0.2, 0) is 28.2 Å². The Kier molecular flexibility index (Phi) is 31.0. The summed E-state index contributed by atoms with van der Waals surface area (Å²) in [4.78, 5) is 42.5. The van der Waals surface area contributed by atoms with Crippen LogP contribution in [0.2, 0.25) is 0 Å². The van der Waals surface area contributed by atoms with Gasteiger partial charge < -0.3 is 19.3 Å². The van der Waals surface area contributed by atoms with Crippen molar-refractivity contribution in [2.45, 2.75) is 168 Å². The van der Waals surface area contributed by atoms with Crippen molar-refractivity contribution in [3.05, 3.63) is 36.5 Å². The summed E-state index contributed by atoms with van der Waals surface area (Å²) in [5.41, 5.74) is 0. The quantitative estimate of drug-likeness (QED) is 0.0318. The summed E-state index contributed by atoms with van der Waals surface area (Å²) < 4.78 is 26.2. The number of unbranched alkanes of at least 4 members (excludes halogenated alkanes) is 16. The van der Waals surface area contributed by atoms with E-state index in [-0.39, 0.29) is 19.4 Å². The topological polar surface area (TPSA) is 119 Å². The molecule has 0 rings (SSSR count). The summed E-state index contributed by atoms with van der Waals surface area (Å²) in [6, 6.07) is 0. The second-order valence-electron chi connectivity index (χ2n) is 11.8. The molecule has 0 aliphatic rings. The zero-order valence-electron chi connectivity index (χ0n) is 28.5. The molecule has 8 nitrogen and oxygen atoms in total. The molecule has 0 aromatic rings. The van der Waals surface area contributed by atoms with Crippen LogP contribution in [0.5, 0.6) is 0 Å². The highest BCUT2D eigenvalue weighted by molar-refractivity contribution is 7.46. The van der Waals surface area contributed by atoms with E-state index in [9.17, 15) is 14.2 Å². The van der Waals surface area contributed by atoms with Gasteiger partial charge in [0.25, 0.3) is 0 Å². The third-order valence-electron chi connectivity index (χ3n) is 7.41. The van der Waals surface area contributed by atoms with E-state index in [4.69, 9.17) is 19.3 Å². The van der Waals surface area contributed by atoms with E-state index in [2.05, 4.69) is 54.8 Å². The number of allylic oxidation sites excluding steroid dienone is 6. The Morgan fingerprint density at radius 2 is 1.00 bits per heavy atom. The fraction of sp³-hybridized carbons (Fsp3) is 0.778. The number of esters is 2. The van der Waals surface area contributed by atoms with Crippen LogP contribution in [0.3, 0.4) is 0 Å². The van der Waals surface area contributed by atoms with Gasteiger partial charge in [0.15, 0.2) is 6.10 Å². The maximum Gasteiger partial charge on any atom is 0.469 e. The Labute approximate surface area is 274 Å². The second kappa shape index (κ2) is 32.2. The van der Waals surface area contributed by atoms with Crippen LogP contribution in [0.15, 0.2) is 36.5 Å². The Morgan fingerprint density at radius 3 is 1.53 bits per heavy atom. The molecule has 0 spiro atoms. The van der Waals surface area contributed by atoms with Gasteiger partial charge >= 0.3 is 19.8 Å². The number of carbonyl (C=O) groups is 2. The van der Waals surface area contributed by atoms with Gasteiger partial charge in [-0.15, -0.1) is 0 Å². The van der Waals surface area contributed by atoms with Crippen LogP contribution >= 0.6 is 7.82 Å². The summed E-state index contributed by atoms with van der Waals surface area (Å²) in [6.45, 7) is 3.59. The molecule has 0 saturated heterocycles. The molecule has 262 valence electrons. The number of rotatable bonds is 32.